The molecule has 0 unspecified atom stereocenters. The van der Waals surface area contributed by atoms with Gasteiger partial charge in [-0.15, -0.1) is 6.58 Å². The Hall–Kier alpha value is -1.77. The normalized spacial score (nSPS) is 12.1. The van der Waals surface area contributed by atoms with E-state index in [-0.39, 0.29) is 10.8 Å². The SMILES string of the molecule is C=CCc1c(OC(N)=O)cc(C(C)(C)C)cc1C(C)(C)C. The number of hydrogen-bond acceptors (Lipinski definition) is 2. The second-order valence-electron chi connectivity index (χ2n) is 7.41. The van der Waals surface area contributed by atoms with Crippen molar-refractivity contribution in [2.45, 2.75) is 58.8 Å². The van der Waals surface area contributed by atoms with Crippen LogP contribution in [0, 0.1) is 0 Å². The lowest BCUT2D eigenvalue weighted by Gasteiger charge is -2.29. The lowest BCUT2D eigenvalue weighted by molar-refractivity contribution is 0.210. The molecule has 0 bridgehead atoms. The molecule has 0 aromatic heterocycles. The first kappa shape index (κ1) is 17.3. The van der Waals surface area contributed by atoms with Gasteiger partial charge in [-0.3, -0.25) is 0 Å². The highest BCUT2D eigenvalue weighted by Crippen LogP contribution is 2.37. The van der Waals surface area contributed by atoms with Crippen molar-refractivity contribution >= 4 is 6.09 Å². The van der Waals surface area contributed by atoms with Gasteiger partial charge in [0.2, 0.25) is 0 Å². The van der Waals surface area contributed by atoms with Crippen LogP contribution in [0.25, 0.3) is 0 Å². The molecule has 0 radical (unpaired) electrons. The molecule has 3 nitrogen and oxygen atoms in total. The molecule has 1 amide bonds. The maximum atomic E-state index is 11.2. The fourth-order valence-corrected chi connectivity index (χ4v) is 2.30. The molecule has 1 aromatic carbocycles. The van der Waals surface area contributed by atoms with E-state index in [4.69, 9.17) is 10.5 Å². The molecule has 1 aromatic rings. The zero-order valence-electron chi connectivity index (χ0n) is 14.0. The molecule has 0 aliphatic carbocycles. The van der Waals surface area contributed by atoms with Crippen LogP contribution in [0.3, 0.4) is 0 Å². The van der Waals surface area contributed by atoms with Crippen LogP contribution in [-0.4, -0.2) is 6.09 Å². The van der Waals surface area contributed by atoms with Gasteiger partial charge in [-0.05, 0) is 34.4 Å². The Kier molecular flexibility index (Phi) is 4.87. The third-order valence-electron chi connectivity index (χ3n) is 3.44. The monoisotopic (exact) mass is 289 g/mol. The standard InChI is InChI=1S/C18H27NO2/c1-8-9-13-14(18(5,6)7)10-12(17(2,3)4)11-15(13)21-16(19)20/h8,10-11H,1,9H2,2-7H3,(H2,19,20). The third-order valence-corrected chi connectivity index (χ3v) is 3.44. The fraction of sp³-hybridized carbons (Fsp3) is 0.500. The number of rotatable bonds is 3. The zero-order valence-corrected chi connectivity index (χ0v) is 14.0. The van der Waals surface area contributed by atoms with E-state index >= 15 is 0 Å². The predicted molar refractivity (Wildman–Crippen MR) is 88.0 cm³/mol. The highest BCUT2D eigenvalue weighted by atomic mass is 16.5. The van der Waals surface area contributed by atoms with Crippen LogP contribution < -0.4 is 10.5 Å². The summed E-state index contributed by atoms with van der Waals surface area (Å²) in [7, 11) is 0. The quantitative estimate of drug-likeness (QED) is 0.835. The average Bonchev–Trinajstić information content (AvgIpc) is 2.27. The number of nitrogens with two attached hydrogens (primary N) is 1. The number of primary amides is 1. The molecule has 0 aliphatic heterocycles. The summed E-state index contributed by atoms with van der Waals surface area (Å²) in [4.78, 5) is 11.2. The highest BCUT2D eigenvalue weighted by Gasteiger charge is 2.25. The summed E-state index contributed by atoms with van der Waals surface area (Å²) in [5.74, 6) is 0.541. The topological polar surface area (TPSA) is 52.3 Å². The average molecular weight is 289 g/mol. The van der Waals surface area contributed by atoms with Gasteiger partial charge in [0.25, 0.3) is 0 Å². The van der Waals surface area contributed by atoms with E-state index in [1.54, 1.807) is 0 Å². The number of hydrogen-bond donors (Lipinski definition) is 1. The summed E-state index contributed by atoms with van der Waals surface area (Å²) in [5.41, 5.74) is 8.38. The first-order valence-electron chi connectivity index (χ1n) is 7.23. The molecule has 0 atom stereocenters. The molecule has 0 aliphatic rings. The van der Waals surface area contributed by atoms with Crippen molar-refractivity contribution < 1.29 is 9.53 Å². The molecule has 21 heavy (non-hydrogen) atoms. The summed E-state index contributed by atoms with van der Waals surface area (Å²) in [6.07, 6.45) is 1.67. The number of carbonyl (C=O) groups is 1. The van der Waals surface area contributed by atoms with Crippen molar-refractivity contribution in [2.75, 3.05) is 0 Å². The van der Waals surface area contributed by atoms with Gasteiger partial charge in [0.15, 0.2) is 0 Å². The van der Waals surface area contributed by atoms with Gasteiger partial charge in [0.1, 0.15) is 5.75 Å². The van der Waals surface area contributed by atoms with E-state index in [1.807, 2.05) is 12.1 Å². The Morgan fingerprint density at radius 1 is 1.19 bits per heavy atom. The van der Waals surface area contributed by atoms with Gasteiger partial charge in [-0.2, -0.15) is 0 Å². The Morgan fingerprint density at radius 2 is 1.76 bits per heavy atom. The third kappa shape index (κ3) is 4.35. The number of ether oxygens (including phenoxy) is 1. The first-order valence-corrected chi connectivity index (χ1v) is 7.23. The van der Waals surface area contributed by atoms with Crippen molar-refractivity contribution in [1.82, 2.24) is 0 Å². The number of allylic oxidation sites excluding steroid dienone is 1. The highest BCUT2D eigenvalue weighted by molar-refractivity contribution is 5.69. The van der Waals surface area contributed by atoms with Crippen molar-refractivity contribution in [2.24, 2.45) is 5.73 Å². The van der Waals surface area contributed by atoms with Crippen LogP contribution >= 0.6 is 0 Å². The fourth-order valence-electron chi connectivity index (χ4n) is 2.30. The second kappa shape index (κ2) is 5.92. The Balaban J connectivity index is 3.65. The summed E-state index contributed by atoms with van der Waals surface area (Å²) < 4.78 is 5.26. The lowest BCUT2D eigenvalue weighted by Crippen LogP contribution is -2.22. The summed E-state index contributed by atoms with van der Waals surface area (Å²) in [5, 5.41) is 0. The molecule has 2 N–H and O–H groups in total. The zero-order chi connectivity index (χ0) is 16.4. The van der Waals surface area contributed by atoms with Gasteiger partial charge in [-0.1, -0.05) is 53.7 Å². The summed E-state index contributed by atoms with van der Waals surface area (Å²) in [6.45, 7) is 16.6. The maximum absolute atomic E-state index is 11.2. The van der Waals surface area contributed by atoms with Crippen LogP contribution in [0.15, 0.2) is 24.8 Å². The van der Waals surface area contributed by atoms with Gasteiger partial charge < -0.3 is 10.5 Å². The number of benzene rings is 1. The molecule has 0 saturated carbocycles. The van der Waals surface area contributed by atoms with Gasteiger partial charge in [0.05, 0.1) is 0 Å². The predicted octanol–water partition coefficient (Wildman–Crippen LogP) is 4.47. The van der Waals surface area contributed by atoms with Crippen LogP contribution in [0.1, 0.15) is 58.2 Å². The van der Waals surface area contributed by atoms with E-state index in [2.05, 4.69) is 54.2 Å². The van der Waals surface area contributed by atoms with E-state index in [0.29, 0.717) is 12.2 Å². The smallest absolute Gasteiger partial charge is 0.409 e. The molecule has 0 heterocycles. The Labute approximate surface area is 128 Å². The van der Waals surface area contributed by atoms with Gasteiger partial charge >= 0.3 is 6.09 Å². The second-order valence-corrected chi connectivity index (χ2v) is 7.41. The van der Waals surface area contributed by atoms with Gasteiger partial charge in [-0.25, -0.2) is 4.79 Å². The summed E-state index contributed by atoms with van der Waals surface area (Å²) in [6, 6.07) is 4.12. The summed E-state index contributed by atoms with van der Waals surface area (Å²) >= 11 is 0. The van der Waals surface area contributed by atoms with E-state index in [1.165, 1.54) is 0 Å². The molecule has 3 heteroatoms. The number of carbonyl (C=O) groups excluding carboxylic acids is 1. The van der Waals surface area contributed by atoms with E-state index in [9.17, 15) is 4.79 Å². The van der Waals surface area contributed by atoms with Crippen LogP contribution in [0.4, 0.5) is 4.79 Å². The molecular weight excluding hydrogens is 262 g/mol. The molecule has 0 saturated heterocycles. The largest absolute Gasteiger partial charge is 0.410 e. The molecular formula is C18H27NO2. The molecule has 1 rings (SSSR count). The minimum absolute atomic E-state index is 0.0392. The van der Waals surface area contributed by atoms with Gasteiger partial charge in [0, 0.05) is 5.56 Å². The van der Waals surface area contributed by atoms with E-state index < -0.39 is 6.09 Å². The van der Waals surface area contributed by atoms with Crippen molar-refractivity contribution in [3.63, 3.8) is 0 Å². The van der Waals surface area contributed by atoms with Crippen LogP contribution in [0.5, 0.6) is 5.75 Å². The lowest BCUT2D eigenvalue weighted by atomic mass is 9.77. The molecule has 0 spiro atoms. The Bertz CT molecular complexity index is 546. The van der Waals surface area contributed by atoms with Crippen LogP contribution in [-0.2, 0) is 17.3 Å². The Morgan fingerprint density at radius 3 is 2.14 bits per heavy atom. The van der Waals surface area contributed by atoms with E-state index in [0.717, 1.165) is 16.7 Å². The molecule has 0 fully saturated rings. The minimum atomic E-state index is -0.786. The van der Waals surface area contributed by atoms with Crippen molar-refractivity contribution in [1.29, 1.82) is 0 Å². The minimum Gasteiger partial charge on any atom is -0.410 e. The maximum Gasteiger partial charge on any atom is 0.409 e. The molecule has 116 valence electrons. The van der Waals surface area contributed by atoms with Crippen molar-refractivity contribution in [3.05, 3.63) is 41.5 Å². The van der Waals surface area contributed by atoms with Crippen molar-refractivity contribution in [3.8, 4) is 5.75 Å². The van der Waals surface area contributed by atoms with Crippen LogP contribution in [0.2, 0.25) is 0 Å². The number of amides is 1. The first-order chi connectivity index (χ1) is 9.46.